The Balaban J connectivity index is 1.84. The first-order valence-electron chi connectivity index (χ1n) is 7.02. The van der Waals surface area contributed by atoms with Crippen LogP contribution in [0.3, 0.4) is 0 Å². The van der Waals surface area contributed by atoms with Crippen LogP contribution in [0.1, 0.15) is 32.1 Å². The fourth-order valence-electron chi connectivity index (χ4n) is 2.43. The van der Waals surface area contributed by atoms with E-state index in [9.17, 15) is 4.79 Å². The van der Waals surface area contributed by atoms with E-state index in [0.29, 0.717) is 17.3 Å². The van der Waals surface area contributed by atoms with E-state index in [-0.39, 0.29) is 5.91 Å². The normalized spacial score (nSPS) is 17.5. The van der Waals surface area contributed by atoms with Gasteiger partial charge in [-0.2, -0.15) is 0 Å². The second kappa shape index (κ2) is 7.51. The summed E-state index contributed by atoms with van der Waals surface area (Å²) in [5.41, 5.74) is 0.696. The number of amides is 1. The molecule has 1 aromatic carbocycles. The quantitative estimate of drug-likeness (QED) is 0.918. The van der Waals surface area contributed by atoms with Gasteiger partial charge in [0, 0.05) is 0 Å². The summed E-state index contributed by atoms with van der Waals surface area (Å²) in [7, 11) is 0. The van der Waals surface area contributed by atoms with Crippen molar-refractivity contribution in [1.29, 1.82) is 0 Å². The summed E-state index contributed by atoms with van der Waals surface area (Å²) >= 11 is 6.03. The highest BCUT2D eigenvalue weighted by atomic mass is 35.5. The maximum absolute atomic E-state index is 12.0. The molecule has 1 saturated heterocycles. The van der Waals surface area contributed by atoms with Crippen molar-refractivity contribution in [3.63, 3.8) is 0 Å². The SMILES string of the molecule is O=C(CN1CCCCCCC1)Nc1ccccc1Cl. The van der Waals surface area contributed by atoms with Gasteiger partial charge in [0.2, 0.25) is 5.91 Å². The molecule has 1 aliphatic heterocycles. The maximum atomic E-state index is 12.0. The Labute approximate surface area is 119 Å². The van der Waals surface area contributed by atoms with E-state index < -0.39 is 0 Å². The molecule has 1 heterocycles. The summed E-state index contributed by atoms with van der Waals surface area (Å²) in [6.07, 6.45) is 6.28. The predicted octanol–water partition coefficient (Wildman–Crippen LogP) is 3.54. The Morgan fingerprint density at radius 2 is 1.74 bits per heavy atom. The van der Waals surface area contributed by atoms with E-state index in [1.165, 1.54) is 32.1 Å². The molecule has 2 rings (SSSR count). The highest BCUT2D eigenvalue weighted by Crippen LogP contribution is 2.20. The van der Waals surface area contributed by atoms with Crippen molar-refractivity contribution < 1.29 is 4.79 Å². The van der Waals surface area contributed by atoms with Gasteiger partial charge in [0.25, 0.3) is 0 Å². The van der Waals surface area contributed by atoms with Crippen LogP contribution in [0, 0.1) is 0 Å². The van der Waals surface area contributed by atoms with Crippen molar-refractivity contribution in [3.8, 4) is 0 Å². The van der Waals surface area contributed by atoms with Crippen molar-refractivity contribution in [2.75, 3.05) is 25.0 Å². The zero-order chi connectivity index (χ0) is 13.5. The van der Waals surface area contributed by atoms with Gasteiger partial charge in [0.15, 0.2) is 0 Å². The number of rotatable bonds is 3. The smallest absolute Gasteiger partial charge is 0.238 e. The number of nitrogens with one attached hydrogen (secondary N) is 1. The summed E-state index contributed by atoms with van der Waals surface area (Å²) < 4.78 is 0. The highest BCUT2D eigenvalue weighted by Gasteiger charge is 2.13. The van der Waals surface area contributed by atoms with E-state index >= 15 is 0 Å². The van der Waals surface area contributed by atoms with Gasteiger partial charge in [-0.1, -0.05) is 43.0 Å². The molecule has 0 saturated carbocycles. The van der Waals surface area contributed by atoms with Gasteiger partial charge in [-0.3, -0.25) is 9.69 Å². The minimum atomic E-state index is 0.0219. The number of halogens is 1. The number of benzene rings is 1. The number of para-hydroxylation sites is 1. The van der Waals surface area contributed by atoms with Gasteiger partial charge in [0.05, 0.1) is 17.3 Å². The second-order valence-electron chi connectivity index (χ2n) is 5.07. The van der Waals surface area contributed by atoms with Gasteiger partial charge in [0.1, 0.15) is 0 Å². The minimum absolute atomic E-state index is 0.0219. The van der Waals surface area contributed by atoms with Crippen LogP contribution in [0.5, 0.6) is 0 Å². The van der Waals surface area contributed by atoms with Crippen LogP contribution in [0.15, 0.2) is 24.3 Å². The average Bonchev–Trinajstić information content (AvgIpc) is 2.35. The Hall–Kier alpha value is -1.06. The molecule has 0 atom stereocenters. The first-order chi connectivity index (χ1) is 9.25. The number of hydrogen-bond donors (Lipinski definition) is 1. The van der Waals surface area contributed by atoms with Crippen LogP contribution >= 0.6 is 11.6 Å². The summed E-state index contributed by atoms with van der Waals surface area (Å²) in [5.74, 6) is 0.0219. The second-order valence-corrected chi connectivity index (χ2v) is 5.48. The maximum Gasteiger partial charge on any atom is 0.238 e. The number of carbonyl (C=O) groups excluding carboxylic acids is 1. The average molecular weight is 281 g/mol. The lowest BCUT2D eigenvalue weighted by atomic mass is 10.1. The number of carbonyl (C=O) groups is 1. The zero-order valence-corrected chi connectivity index (χ0v) is 12.0. The Kier molecular flexibility index (Phi) is 5.67. The monoisotopic (exact) mass is 280 g/mol. The Bertz CT molecular complexity index is 414. The van der Waals surface area contributed by atoms with Crippen LogP contribution in [-0.4, -0.2) is 30.4 Å². The number of nitrogens with zero attached hydrogens (tertiary/aromatic N) is 1. The lowest BCUT2D eigenvalue weighted by Gasteiger charge is -2.23. The molecule has 1 fully saturated rings. The van der Waals surface area contributed by atoms with Gasteiger partial charge < -0.3 is 5.32 Å². The molecular formula is C15H21ClN2O. The van der Waals surface area contributed by atoms with E-state index in [1.807, 2.05) is 18.2 Å². The molecule has 0 unspecified atom stereocenters. The number of hydrogen-bond acceptors (Lipinski definition) is 2. The van der Waals surface area contributed by atoms with Crippen LogP contribution in [-0.2, 0) is 4.79 Å². The highest BCUT2D eigenvalue weighted by molar-refractivity contribution is 6.33. The topological polar surface area (TPSA) is 32.3 Å². The summed E-state index contributed by atoms with van der Waals surface area (Å²) in [6.45, 7) is 2.51. The summed E-state index contributed by atoms with van der Waals surface area (Å²) in [4.78, 5) is 14.3. The third kappa shape index (κ3) is 4.84. The van der Waals surface area contributed by atoms with Crippen molar-refractivity contribution in [3.05, 3.63) is 29.3 Å². The minimum Gasteiger partial charge on any atom is -0.324 e. The Morgan fingerprint density at radius 3 is 2.42 bits per heavy atom. The molecule has 104 valence electrons. The molecule has 4 heteroatoms. The third-order valence-corrected chi connectivity index (χ3v) is 3.79. The fraction of sp³-hybridized carbons (Fsp3) is 0.533. The van der Waals surface area contributed by atoms with Crippen LogP contribution in [0.4, 0.5) is 5.69 Å². The van der Waals surface area contributed by atoms with Gasteiger partial charge in [-0.15, -0.1) is 0 Å². The number of anilines is 1. The zero-order valence-electron chi connectivity index (χ0n) is 11.2. The molecule has 1 aromatic rings. The fourth-order valence-corrected chi connectivity index (χ4v) is 2.61. The lowest BCUT2D eigenvalue weighted by molar-refractivity contribution is -0.117. The van der Waals surface area contributed by atoms with E-state index in [2.05, 4.69) is 10.2 Å². The molecule has 0 bridgehead atoms. The number of likely N-dealkylation sites (tertiary alicyclic amines) is 1. The molecule has 0 aliphatic carbocycles. The molecule has 19 heavy (non-hydrogen) atoms. The first kappa shape index (κ1) is 14.4. The molecular weight excluding hydrogens is 260 g/mol. The third-order valence-electron chi connectivity index (χ3n) is 3.46. The van der Waals surface area contributed by atoms with Crippen LogP contribution < -0.4 is 5.32 Å². The van der Waals surface area contributed by atoms with Gasteiger partial charge in [-0.05, 0) is 38.1 Å². The Morgan fingerprint density at radius 1 is 1.11 bits per heavy atom. The van der Waals surface area contributed by atoms with Crippen LogP contribution in [0.2, 0.25) is 5.02 Å². The van der Waals surface area contributed by atoms with E-state index in [0.717, 1.165) is 13.1 Å². The molecule has 1 N–H and O–H groups in total. The van der Waals surface area contributed by atoms with Gasteiger partial charge in [-0.25, -0.2) is 0 Å². The predicted molar refractivity (Wildman–Crippen MR) is 79.6 cm³/mol. The molecule has 0 radical (unpaired) electrons. The van der Waals surface area contributed by atoms with E-state index in [4.69, 9.17) is 11.6 Å². The van der Waals surface area contributed by atoms with Crippen molar-refractivity contribution in [1.82, 2.24) is 4.90 Å². The summed E-state index contributed by atoms with van der Waals surface area (Å²) in [6, 6.07) is 7.34. The van der Waals surface area contributed by atoms with Crippen molar-refractivity contribution >= 4 is 23.2 Å². The van der Waals surface area contributed by atoms with Gasteiger partial charge >= 0.3 is 0 Å². The largest absolute Gasteiger partial charge is 0.324 e. The molecule has 0 spiro atoms. The van der Waals surface area contributed by atoms with Crippen molar-refractivity contribution in [2.45, 2.75) is 32.1 Å². The molecule has 1 amide bonds. The van der Waals surface area contributed by atoms with Crippen LogP contribution in [0.25, 0.3) is 0 Å². The molecule has 0 aromatic heterocycles. The summed E-state index contributed by atoms with van der Waals surface area (Å²) in [5, 5.41) is 3.47. The van der Waals surface area contributed by atoms with E-state index in [1.54, 1.807) is 6.07 Å². The molecule has 1 aliphatic rings. The van der Waals surface area contributed by atoms with Crippen molar-refractivity contribution in [2.24, 2.45) is 0 Å². The standard InChI is InChI=1S/C15H21ClN2O/c16-13-8-4-5-9-14(13)17-15(19)12-18-10-6-2-1-3-7-11-18/h4-5,8-9H,1-3,6-7,10-12H2,(H,17,19). The lowest BCUT2D eigenvalue weighted by Crippen LogP contribution is -2.35. The molecule has 3 nitrogen and oxygen atoms in total. The first-order valence-corrected chi connectivity index (χ1v) is 7.40.